The van der Waals surface area contributed by atoms with Crippen molar-refractivity contribution < 1.29 is 30.0 Å². The van der Waals surface area contributed by atoms with Gasteiger partial charge in [0, 0.05) is 75.0 Å². The maximum atomic E-state index is 13.4. The molecule has 13 heteroatoms. The Bertz CT molecular complexity index is 1790. The van der Waals surface area contributed by atoms with Crippen LogP contribution in [0.3, 0.4) is 0 Å². The Morgan fingerprint density at radius 2 is 1.48 bits per heavy atom. The number of nitrogens with zero attached hydrogens (tertiary/aromatic N) is 3. The van der Waals surface area contributed by atoms with Gasteiger partial charge in [0.15, 0.2) is 0 Å². The molecule has 5 heterocycles. The van der Waals surface area contributed by atoms with Crippen LogP contribution in [0.2, 0.25) is 0 Å². The zero-order chi connectivity index (χ0) is 31.5. The number of amides is 1. The van der Waals surface area contributed by atoms with E-state index >= 15 is 0 Å². The van der Waals surface area contributed by atoms with E-state index in [0.717, 1.165) is 37.2 Å². The van der Waals surface area contributed by atoms with Crippen LogP contribution in [-0.4, -0.2) is 51.1 Å². The minimum absolute atomic E-state index is 0.210. The number of halogens is 6. The summed E-state index contributed by atoms with van der Waals surface area (Å²) in [4.78, 5) is 21.5. The number of anilines is 1. The molecule has 1 aromatic heterocycles. The molecule has 1 saturated heterocycles. The molecule has 4 aliphatic heterocycles. The van der Waals surface area contributed by atoms with Crippen molar-refractivity contribution in [2.45, 2.75) is 44.9 Å². The first-order valence-corrected chi connectivity index (χ1v) is 18.5. The molecule has 0 N–H and O–H groups in total. The maximum absolute atomic E-state index is 13.4. The fraction of sp³-hybridized carbons (Fsp3) is 0.419. The second kappa shape index (κ2) is 10.7. The normalized spacial score (nSPS) is 18.3. The van der Waals surface area contributed by atoms with Gasteiger partial charge >= 0.3 is 33.0 Å². The third kappa shape index (κ3) is 6.92. The van der Waals surface area contributed by atoms with Crippen molar-refractivity contribution in [1.29, 1.82) is 0 Å². The van der Waals surface area contributed by atoms with Crippen molar-refractivity contribution in [3.8, 4) is 20.9 Å². The van der Waals surface area contributed by atoms with E-state index in [-0.39, 0.29) is 5.91 Å². The Morgan fingerprint density at radius 3 is 2.16 bits per heavy atom. The number of piperidine rings is 1. The first-order chi connectivity index (χ1) is 20.5. The number of fused-ring (bicyclic) bond motifs is 3. The van der Waals surface area contributed by atoms with Gasteiger partial charge in [-0.15, -0.1) is 22.7 Å². The molecule has 0 atom stereocenters. The van der Waals surface area contributed by atoms with Gasteiger partial charge < -0.3 is 9.80 Å². The van der Waals surface area contributed by atoms with Crippen molar-refractivity contribution in [3.63, 3.8) is 0 Å². The molecule has 0 bridgehead atoms. The van der Waals surface area contributed by atoms with E-state index in [4.69, 9.17) is 0 Å². The fourth-order valence-corrected chi connectivity index (χ4v) is 8.89. The first-order valence-electron chi connectivity index (χ1n) is 14.8. The van der Waals surface area contributed by atoms with Gasteiger partial charge in [0.05, 0.1) is 4.88 Å². The standard InChI is InChI=1S/C31H34N3OS2.F6P/c1-32(2)21-10-11-22-27(19-21)37-30-23-9-7-17-33-16-6-8-20(29(23)33)18-24(30)28(22)25-12-13-26(36-25)31(35)34-14-4-3-5-15-34;1-7(2,3,4,5)6/h10-13,18-19H,3-9,14-17H2,1-2H3;/q+1;-1. The number of carbonyl (C=O) groups is 1. The summed E-state index contributed by atoms with van der Waals surface area (Å²) in [6, 6.07) is 13.7. The van der Waals surface area contributed by atoms with Gasteiger partial charge in [-0.25, -0.2) is 4.58 Å². The van der Waals surface area contributed by atoms with Crippen LogP contribution in [-0.2, 0) is 12.8 Å². The summed E-state index contributed by atoms with van der Waals surface area (Å²) in [7, 11) is -6.43. The molecule has 238 valence electrons. The van der Waals surface area contributed by atoms with Crippen molar-refractivity contribution in [2.75, 3.05) is 45.2 Å². The van der Waals surface area contributed by atoms with Crippen LogP contribution >= 0.6 is 30.5 Å². The molecule has 7 rings (SSSR count). The van der Waals surface area contributed by atoms with E-state index in [9.17, 15) is 30.0 Å². The summed E-state index contributed by atoms with van der Waals surface area (Å²) in [5.74, 6) is 0.210. The fourth-order valence-electron chi connectivity index (χ4n) is 6.57. The van der Waals surface area contributed by atoms with Crippen LogP contribution in [0.5, 0.6) is 0 Å². The Balaban J connectivity index is 0.000000441. The van der Waals surface area contributed by atoms with Gasteiger partial charge in [-0.2, -0.15) is 0 Å². The zero-order valence-electron chi connectivity index (χ0n) is 24.5. The summed E-state index contributed by atoms with van der Waals surface area (Å²) in [6.45, 7) is 4.16. The van der Waals surface area contributed by atoms with Crippen molar-refractivity contribution >= 4 is 52.2 Å². The molecule has 1 fully saturated rings. The van der Waals surface area contributed by atoms with Crippen LogP contribution in [0.4, 0.5) is 30.9 Å². The van der Waals surface area contributed by atoms with Crippen LogP contribution in [0.15, 0.2) is 36.4 Å². The molecule has 1 aliphatic carbocycles. The van der Waals surface area contributed by atoms with Crippen LogP contribution < -0.4 is 14.8 Å². The molecule has 1 amide bonds. The Kier molecular flexibility index (Phi) is 7.61. The van der Waals surface area contributed by atoms with E-state index in [1.807, 2.05) is 11.3 Å². The number of rotatable bonds is 2. The molecule has 44 heavy (non-hydrogen) atoms. The van der Waals surface area contributed by atoms with Gasteiger partial charge in [0.25, 0.3) is 5.91 Å². The van der Waals surface area contributed by atoms with Gasteiger partial charge in [0.1, 0.15) is 14.1 Å². The van der Waals surface area contributed by atoms with Crippen LogP contribution in [0, 0.1) is 0 Å². The second-order valence-electron chi connectivity index (χ2n) is 12.0. The van der Waals surface area contributed by atoms with E-state index in [0.29, 0.717) is 0 Å². The average molecular weight is 674 g/mol. The number of benzene rings is 2. The van der Waals surface area contributed by atoms with Gasteiger partial charge in [-0.3, -0.25) is 4.79 Å². The molecule has 5 aliphatic rings. The van der Waals surface area contributed by atoms with E-state index in [2.05, 4.69) is 64.9 Å². The monoisotopic (exact) mass is 673 g/mol. The summed E-state index contributed by atoms with van der Waals surface area (Å²) in [5.41, 5.74) is 7.23. The number of thiophene rings is 1. The van der Waals surface area contributed by atoms with E-state index < -0.39 is 7.81 Å². The summed E-state index contributed by atoms with van der Waals surface area (Å²) in [5, 5.41) is 2.61. The number of hydrogen-bond donors (Lipinski definition) is 0. The SMILES string of the molecule is C[N+](C)=c1ccc2c(-c3ccc(C(=O)N4CCCCC4)s3)c3cc4c5c(c3sc-2c1)CCCN5CCC4.F[P-](F)(F)(F)(F)F. The number of carbonyl (C=O) groups excluding carboxylic acids is 1. The first kappa shape index (κ1) is 31.3. The minimum atomic E-state index is -10.7. The van der Waals surface area contributed by atoms with Gasteiger partial charge in [-0.05, 0) is 80.3 Å². The van der Waals surface area contributed by atoms with Gasteiger partial charge in [-0.1, -0.05) is 0 Å². The molecule has 2 aromatic rings. The third-order valence-corrected chi connectivity index (χ3v) is 10.7. The second-order valence-corrected chi connectivity index (χ2v) is 16.0. The Labute approximate surface area is 259 Å². The molecular weight excluding hydrogens is 639 g/mol. The van der Waals surface area contributed by atoms with Crippen molar-refractivity contribution in [1.82, 2.24) is 9.48 Å². The Hall–Kier alpha value is -2.69. The Morgan fingerprint density at radius 1 is 0.795 bits per heavy atom. The predicted octanol–water partition coefficient (Wildman–Crippen LogP) is 9.47. The quantitative estimate of drug-likeness (QED) is 0.0918. The predicted molar refractivity (Wildman–Crippen MR) is 171 cm³/mol. The van der Waals surface area contributed by atoms with E-state index in [1.165, 1.54) is 86.3 Å². The molecule has 0 spiro atoms. The van der Waals surface area contributed by atoms with Gasteiger partial charge in [0.2, 0.25) is 5.36 Å². The van der Waals surface area contributed by atoms with Crippen LogP contribution in [0.25, 0.3) is 31.0 Å². The zero-order valence-corrected chi connectivity index (χ0v) is 27.1. The van der Waals surface area contributed by atoms with E-state index in [1.54, 1.807) is 16.9 Å². The molecule has 4 nitrogen and oxygen atoms in total. The van der Waals surface area contributed by atoms with Crippen molar-refractivity contribution in [2.24, 2.45) is 0 Å². The molecule has 0 unspecified atom stereocenters. The topological polar surface area (TPSA) is 26.6 Å². The molecule has 1 aromatic carbocycles. The summed E-state index contributed by atoms with van der Waals surface area (Å²) >= 11 is 3.65. The molecule has 0 saturated carbocycles. The number of likely N-dealkylation sites (tertiary alicyclic amines) is 1. The summed E-state index contributed by atoms with van der Waals surface area (Å²) in [6.07, 6.45) is 8.28. The molecular formula is C31H34F6N3OPS2. The third-order valence-electron chi connectivity index (χ3n) is 8.41. The number of hydrogen-bond acceptors (Lipinski definition) is 4. The van der Waals surface area contributed by atoms with Crippen molar-refractivity contribution in [3.05, 3.63) is 57.8 Å². The summed E-state index contributed by atoms with van der Waals surface area (Å²) < 4.78 is 62.8. The van der Waals surface area contributed by atoms with Crippen LogP contribution in [0.1, 0.15) is 52.9 Å². The number of aryl methyl sites for hydroxylation is 2. The molecule has 0 radical (unpaired) electrons. The average Bonchev–Trinajstić information content (AvgIpc) is 3.44.